The quantitative estimate of drug-likeness (QED) is 0.571. The van der Waals surface area contributed by atoms with E-state index in [1.165, 1.54) is 5.56 Å². The number of carbonyl (C=O) groups is 2. The summed E-state index contributed by atoms with van der Waals surface area (Å²) in [5.74, 6) is 0.488. The van der Waals surface area contributed by atoms with Crippen LogP contribution in [0, 0.1) is 0 Å². The summed E-state index contributed by atoms with van der Waals surface area (Å²) in [6, 6.07) is 24.3. The molecule has 0 radical (unpaired) electrons. The van der Waals surface area contributed by atoms with Crippen LogP contribution in [0.5, 0.6) is 5.75 Å². The van der Waals surface area contributed by atoms with Crippen molar-refractivity contribution in [2.24, 2.45) is 0 Å². The molecular formula is C25H26N2O3. The molecule has 0 aliphatic heterocycles. The van der Waals surface area contributed by atoms with Crippen molar-refractivity contribution in [3.05, 3.63) is 95.6 Å². The van der Waals surface area contributed by atoms with E-state index in [4.69, 9.17) is 4.74 Å². The van der Waals surface area contributed by atoms with Gasteiger partial charge in [0.1, 0.15) is 5.75 Å². The maximum Gasteiger partial charge on any atom is 0.262 e. The number of anilines is 1. The van der Waals surface area contributed by atoms with E-state index in [9.17, 15) is 9.59 Å². The van der Waals surface area contributed by atoms with Crippen LogP contribution in [0.4, 0.5) is 5.69 Å². The van der Waals surface area contributed by atoms with E-state index in [0.717, 1.165) is 5.56 Å². The van der Waals surface area contributed by atoms with Crippen molar-refractivity contribution in [3.63, 3.8) is 0 Å². The second-order valence-electron chi connectivity index (χ2n) is 7.27. The summed E-state index contributed by atoms with van der Waals surface area (Å²) in [7, 11) is 0. The van der Waals surface area contributed by atoms with Gasteiger partial charge in [-0.2, -0.15) is 0 Å². The van der Waals surface area contributed by atoms with Crippen molar-refractivity contribution in [2.75, 3.05) is 11.9 Å². The summed E-state index contributed by atoms with van der Waals surface area (Å²) >= 11 is 0. The fraction of sp³-hybridized carbons (Fsp3) is 0.200. The van der Waals surface area contributed by atoms with E-state index in [1.54, 1.807) is 24.3 Å². The highest BCUT2D eigenvalue weighted by Crippen LogP contribution is 2.19. The molecule has 5 heteroatoms. The number of hydrogen-bond donors (Lipinski definition) is 2. The lowest BCUT2D eigenvalue weighted by molar-refractivity contribution is -0.118. The molecule has 3 rings (SSSR count). The Labute approximate surface area is 177 Å². The highest BCUT2D eigenvalue weighted by molar-refractivity contribution is 6.04. The summed E-state index contributed by atoms with van der Waals surface area (Å²) in [4.78, 5) is 24.9. The first-order valence-electron chi connectivity index (χ1n) is 9.96. The van der Waals surface area contributed by atoms with Crippen LogP contribution in [0.2, 0.25) is 0 Å². The number of benzene rings is 3. The molecule has 5 nitrogen and oxygen atoms in total. The fourth-order valence-electron chi connectivity index (χ4n) is 2.95. The molecule has 30 heavy (non-hydrogen) atoms. The molecule has 2 N–H and O–H groups in total. The molecule has 3 aromatic carbocycles. The van der Waals surface area contributed by atoms with Crippen LogP contribution in [0.1, 0.15) is 41.3 Å². The Bertz CT molecular complexity index is 983. The highest BCUT2D eigenvalue weighted by atomic mass is 16.5. The zero-order valence-electron chi connectivity index (χ0n) is 17.2. The van der Waals surface area contributed by atoms with Crippen molar-refractivity contribution in [1.82, 2.24) is 5.32 Å². The van der Waals surface area contributed by atoms with Gasteiger partial charge in [-0.3, -0.25) is 9.59 Å². The number of hydrogen-bond acceptors (Lipinski definition) is 3. The number of amides is 2. The molecule has 0 saturated heterocycles. The fourth-order valence-corrected chi connectivity index (χ4v) is 2.95. The van der Waals surface area contributed by atoms with Crippen LogP contribution in [0.3, 0.4) is 0 Å². The first kappa shape index (κ1) is 21.1. The van der Waals surface area contributed by atoms with Crippen molar-refractivity contribution >= 4 is 17.5 Å². The smallest absolute Gasteiger partial charge is 0.262 e. The predicted molar refractivity (Wildman–Crippen MR) is 119 cm³/mol. The van der Waals surface area contributed by atoms with E-state index in [-0.39, 0.29) is 18.4 Å². The number of rotatable bonds is 8. The normalized spacial score (nSPS) is 10.5. The van der Waals surface area contributed by atoms with Gasteiger partial charge in [0, 0.05) is 6.54 Å². The SMILES string of the molecule is CC(C)c1ccc(OCC(=O)Nc2ccccc2C(=O)NCc2ccccc2)cc1. The molecule has 2 amide bonds. The van der Waals surface area contributed by atoms with Crippen LogP contribution >= 0.6 is 0 Å². The zero-order chi connectivity index (χ0) is 21.3. The molecule has 0 aliphatic carbocycles. The monoisotopic (exact) mass is 402 g/mol. The molecule has 0 unspecified atom stereocenters. The van der Waals surface area contributed by atoms with Gasteiger partial charge in [0.25, 0.3) is 11.8 Å². The van der Waals surface area contributed by atoms with Gasteiger partial charge in [-0.05, 0) is 41.3 Å². The average Bonchev–Trinajstić information content (AvgIpc) is 2.77. The van der Waals surface area contributed by atoms with Gasteiger partial charge in [0.05, 0.1) is 11.3 Å². The third kappa shape index (κ3) is 5.95. The molecule has 154 valence electrons. The van der Waals surface area contributed by atoms with Crippen molar-refractivity contribution in [1.29, 1.82) is 0 Å². The zero-order valence-corrected chi connectivity index (χ0v) is 17.2. The van der Waals surface area contributed by atoms with E-state index < -0.39 is 0 Å². The van der Waals surface area contributed by atoms with Gasteiger partial charge in [-0.1, -0.05) is 68.4 Å². The second-order valence-corrected chi connectivity index (χ2v) is 7.27. The van der Waals surface area contributed by atoms with Crippen LogP contribution in [-0.2, 0) is 11.3 Å². The molecule has 0 fully saturated rings. The van der Waals surface area contributed by atoms with Crippen molar-refractivity contribution < 1.29 is 14.3 Å². The molecule has 0 saturated carbocycles. The minimum atomic E-state index is -0.328. The summed E-state index contributed by atoms with van der Waals surface area (Å²) in [5.41, 5.74) is 3.07. The van der Waals surface area contributed by atoms with Crippen LogP contribution in [-0.4, -0.2) is 18.4 Å². The lowest BCUT2D eigenvalue weighted by Crippen LogP contribution is -2.26. The maximum atomic E-state index is 12.6. The largest absolute Gasteiger partial charge is 0.484 e. The summed E-state index contributed by atoms with van der Waals surface area (Å²) in [6.45, 7) is 4.52. The first-order valence-corrected chi connectivity index (χ1v) is 9.96. The molecule has 0 aromatic heterocycles. The average molecular weight is 402 g/mol. The molecule has 3 aromatic rings. The Morgan fingerprint density at radius 1 is 0.867 bits per heavy atom. The standard InChI is InChI=1S/C25H26N2O3/c1-18(2)20-12-14-21(15-13-20)30-17-24(28)27-23-11-7-6-10-22(23)25(29)26-16-19-8-4-3-5-9-19/h3-15,18H,16-17H2,1-2H3,(H,26,29)(H,27,28). The minimum Gasteiger partial charge on any atom is -0.484 e. The third-order valence-corrected chi connectivity index (χ3v) is 4.66. The van der Waals surface area contributed by atoms with Crippen molar-refractivity contribution in [3.8, 4) is 5.75 Å². The van der Waals surface area contributed by atoms with Gasteiger partial charge in [0.15, 0.2) is 6.61 Å². The Morgan fingerprint density at radius 2 is 1.53 bits per heavy atom. The third-order valence-electron chi connectivity index (χ3n) is 4.66. The Morgan fingerprint density at radius 3 is 2.23 bits per heavy atom. The summed E-state index contributed by atoms with van der Waals surface area (Å²) < 4.78 is 5.57. The van der Waals surface area contributed by atoms with Crippen LogP contribution in [0.15, 0.2) is 78.9 Å². The molecule has 0 spiro atoms. The van der Waals surface area contributed by atoms with Gasteiger partial charge in [0.2, 0.25) is 0 Å². The van der Waals surface area contributed by atoms with E-state index in [1.807, 2.05) is 54.6 Å². The Kier molecular flexibility index (Phi) is 7.22. The predicted octanol–water partition coefficient (Wildman–Crippen LogP) is 4.76. The molecule has 0 atom stereocenters. The minimum absolute atomic E-state index is 0.138. The van der Waals surface area contributed by atoms with E-state index >= 15 is 0 Å². The summed E-state index contributed by atoms with van der Waals surface area (Å²) in [5, 5.41) is 5.64. The molecule has 0 bridgehead atoms. The highest BCUT2D eigenvalue weighted by Gasteiger charge is 2.13. The summed E-state index contributed by atoms with van der Waals surface area (Å²) in [6.07, 6.45) is 0. The van der Waals surface area contributed by atoms with Crippen LogP contribution in [0.25, 0.3) is 0 Å². The maximum absolute atomic E-state index is 12.6. The van der Waals surface area contributed by atoms with Crippen LogP contribution < -0.4 is 15.4 Å². The van der Waals surface area contributed by atoms with Gasteiger partial charge in [-0.25, -0.2) is 0 Å². The topological polar surface area (TPSA) is 67.4 Å². The lowest BCUT2D eigenvalue weighted by atomic mass is 10.0. The number of carbonyl (C=O) groups excluding carboxylic acids is 2. The molecule has 0 aliphatic rings. The van der Waals surface area contributed by atoms with Gasteiger partial charge in [-0.15, -0.1) is 0 Å². The number of para-hydroxylation sites is 1. The lowest BCUT2D eigenvalue weighted by Gasteiger charge is -2.12. The van der Waals surface area contributed by atoms with E-state index in [0.29, 0.717) is 29.5 Å². The van der Waals surface area contributed by atoms with E-state index in [2.05, 4.69) is 24.5 Å². The van der Waals surface area contributed by atoms with Gasteiger partial charge >= 0.3 is 0 Å². The second kappa shape index (κ2) is 10.3. The Hall–Kier alpha value is -3.60. The first-order chi connectivity index (χ1) is 14.5. The number of nitrogens with one attached hydrogen (secondary N) is 2. The van der Waals surface area contributed by atoms with Gasteiger partial charge < -0.3 is 15.4 Å². The molecule has 0 heterocycles. The van der Waals surface area contributed by atoms with Crippen molar-refractivity contribution in [2.45, 2.75) is 26.3 Å². The number of ether oxygens (including phenoxy) is 1. The Balaban J connectivity index is 1.57. The molecular weight excluding hydrogens is 376 g/mol.